The van der Waals surface area contributed by atoms with Crippen LogP contribution in [0.4, 0.5) is 0 Å². The Morgan fingerprint density at radius 1 is 1.00 bits per heavy atom. The number of nitrogens with zero attached hydrogens (tertiary/aromatic N) is 2. The average molecular weight is 516 g/mol. The summed E-state index contributed by atoms with van der Waals surface area (Å²) in [7, 11) is -3.46. The summed E-state index contributed by atoms with van der Waals surface area (Å²) in [5.41, 5.74) is 2.80. The van der Waals surface area contributed by atoms with Crippen molar-refractivity contribution in [2.75, 3.05) is 38.5 Å². The van der Waals surface area contributed by atoms with Crippen molar-refractivity contribution < 1.29 is 13.2 Å². The molecule has 0 unspecified atom stereocenters. The summed E-state index contributed by atoms with van der Waals surface area (Å²) in [4.78, 5) is 15.2. The molecule has 1 saturated carbocycles. The molecule has 1 heterocycles. The predicted molar refractivity (Wildman–Crippen MR) is 143 cm³/mol. The van der Waals surface area contributed by atoms with Crippen LogP contribution in [0.1, 0.15) is 53.6 Å². The summed E-state index contributed by atoms with van der Waals surface area (Å²) in [5.74, 6) is 0.941. The number of rotatable bonds is 9. The molecule has 1 N–H and O–H groups in total. The fourth-order valence-corrected chi connectivity index (χ4v) is 7.42. The zero-order valence-corrected chi connectivity index (χ0v) is 22.3. The van der Waals surface area contributed by atoms with E-state index in [1.54, 1.807) is 16.4 Å². The van der Waals surface area contributed by atoms with Crippen molar-refractivity contribution in [1.29, 1.82) is 0 Å². The number of carbonyl (C=O) groups excluding carboxylic acids is 1. The second-order valence-electron chi connectivity index (χ2n) is 9.58. The number of aryl methyl sites for hydroxylation is 1. The lowest BCUT2D eigenvalue weighted by molar-refractivity contribution is 0.0956. The number of benzene rings is 2. The van der Waals surface area contributed by atoms with E-state index in [1.165, 1.54) is 32.1 Å². The van der Waals surface area contributed by atoms with Crippen LogP contribution in [0.15, 0.2) is 53.4 Å². The number of piperazine rings is 1. The van der Waals surface area contributed by atoms with Gasteiger partial charge in [0.15, 0.2) is 0 Å². The Balaban J connectivity index is 1.23. The first-order chi connectivity index (χ1) is 16.9. The summed E-state index contributed by atoms with van der Waals surface area (Å²) >= 11 is 1.99. The van der Waals surface area contributed by atoms with E-state index in [4.69, 9.17) is 0 Å². The van der Waals surface area contributed by atoms with Gasteiger partial charge in [-0.15, -0.1) is 0 Å². The van der Waals surface area contributed by atoms with Crippen LogP contribution >= 0.6 is 11.8 Å². The molecule has 0 aromatic heterocycles. The number of hydrogen-bond acceptors (Lipinski definition) is 5. The molecule has 0 bridgehead atoms. The number of carbonyl (C=O) groups is 1. The van der Waals surface area contributed by atoms with Crippen LogP contribution in [0.5, 0.6) is 0 Å². The molecule has 1 aliphatic carbocycles. The third-order valence-corrected chi connectivity index (χ3v) is 10.2. The van der Waals surface area contributed by atoms with Crippen molar-refractivity contribution in [3.05, 3.63) is 65.2 Å². The highest BCUT2D eigenvalue weighted by atomic mass is 32.2. The molecule has 2 aromatic carbocycles. The molecule has 2 aromatic rings. The second-order valence-corrected chi connectivity index (χ2v) is 12.9. The topological polar surface area (TPSA) is 69.7 Å². The Kier molecular flexibility index (Phi) is 9.27. The summed E-state index contributed by atoms with van der Waals surface area (Å²) in [6.07, 6.45) is 6.68. The molecule has 2 fully saturated rings. The summed E-state index contributed by atoms with van der Waals surface area (Å²) in [5, 5.41) is 3.82. The lowest BCUT2D eigenvalue weighted by Crippen LogP contribution is -2.48. The number of hydrogen-bond donors (Lipinski definition) is 1. The van der Waals surface area contributed by atoms with Gasteiger partial charge in [0.1, 0.15) is 0 Å². The SMILES string of the molecule is Cc1ccc(S(=O)(=O)N2CCN(Cc3cccc(C(=O)NCCSC4CCCCC4)c3)CC2)cc1. The van der Waals surface area contributed by atoms with Crippen molar-refractivity contribution in [2.24, 2.45) is 0 Å². The van der Waals surface area contributed by atoms with E-state index in [2.05, 4.69) is 10.2 Å². The van der Waals surface area contributed by atoms with E-state index >= 15 is 0 Å². The van der Waals surface area contributed by atoms with Gasteiger partial charge < -0.3 is 5.32 Å². The second kappa shape index (κ2) is 12.4. The van der Waals surface area contributed by atoms with Gasteiger partial charge in [-0.1, -0.05) is 49.1 Å². The standard InChI is InChI=1S/C27H37N3O3S2/c1-22-10-12-26(13-11-22)35(32,33)30-17-15-29(16-18-30)21-23-6-5-7-24(20-23)27(31)28-14-19-34-25-8-3-2-4-9-25/h5-7,10-13,20,25H,2-4,8-9,14-19,21H2,1H3,(H,28,31). The minimum absolute atomic E-state index is 0.0231. The van der Waals surface area contributed by atoms with Crippen LogP contribution < -0.4 is 5.32 Å². The summed E-state index contributed by atoms with van der Waals surface area (Å²) in [6.45, 7) is 5.62. The smallest absolute Gasteiger partial charge is 0.251 e. The lowest BCUT2D eigenvalue weighted by Gasteiger charge is -2.34. The first kappa shape index (κ1) is 26.2. The van der Waals surface area contributed by atoms with Gasteiger partial charge in [-0.05, 0) is 49.6 Å². The van der Waals surface area contributed by atoms with Crippen molar-refractivity contribution >= 4 is 27.7 Å². The minimum atomic E-state index is -3.46. The molecule has 0 spiro atoms. The molecular formula is C27H37N3O3S2. The molecule has 8 heteroatoms. The van der Waals surface area contributed by atoms with E-state index in [9.17, 15) is 13.2 Å². The predicted octanol–water partition coefficient (Wildman–Crippen LogP) is 4.30. The minimum Gasteiger partial charge on any atom is -0.351 e. The quantitative estimate of drug-likeness (QED) is 0.505. The normalized spacial score (nSPS) is 18.4. The Hall–Kier alpha value is -1.87. The van der Waals surface area contributed by atoms with E-state index in [0.717, 1.165) is 22.1 Å². The van der Waals surface area contributed by atoms with Crippen molar-refractivity contribution in [3.8, 4) is 0 Å². The van der Waals surface area contributed by atoms with Gasteiger partial charge in [0.2, 0.25) is 10.0 Å². The van der Waals surface area contributed by atoms with E-state index < -0.39 is 10.0 Å². The van der Waals surface area contributed by atoms with Gasteiger partial charge in [0.25, 0.3) is 5.91 Å². The van der Waals surface area contributed by atoms with Gasteiger partial charge in [0, 0.05) is 55.8 Å². The van der Waals surface area contributed by atoms with Crippen LogP contribution in [-0.2, 0) is 16.6 Å². The van der Waals surface area contributed by atoms with Gasteiger partial charge in [-0.25, -0.2) is 8.42 Å². The maximum atomic E-state index is 12.9. The first-order valence-electron chi connectivity index (χ1n) is 12.7. The summed E-state index contributed by atoms with van der Waals surface area (Å²) in [6, 6.07) is 14.8. The van der Waals surface area contributed by atoms with Gasteiger partial charge in [-0.2, -0.15) is 16.1 Å². The van der Waals surface area contributed by atoms with Crippen LogP contribution in [0.25, 0.3) is 0 Å². The van der Waals surface area contributed by atoms with Crippen LogP contribution in [0, 0.1) is 6.92 Å². The number of amides is 1. The molecule has 0 radical (unpaired) electrons. The van der Waals surface area contributed by atoms with Crippen molar-refractivity contribution in [2.45, 2.75) is 55.7 Å². The first-order valence-corrected chi connectivity index (χ1v) is 15.2. The Bertz CT molecular complexity index is 1080. The fourth-order valence-electron chi connectivity index (χ4n) is 4.78. The molecule has 6 nitrogen and oxygen atoms in total. The monoisotopic (exact) mass is 515 g/mol. The molecule has 1 amide bonds. The van der Waals surface area contributed by atoms with Gasteiger partial charge in [-0.3, -0.25) is 9.69 Å². The molecule has 190 valence electrons. The third kappa shape index (κ3) is 7.32. The number of nitrogens with one attached hydrogen (secondary N) is 1. The van der Waals surface area contributed by atoms with Gasteiger partial charge >= 0.3 is 0 Å². The number of thioether (sulfide) groups is 1. The highest BCUT2D eigenvalue weighted by Crippen LogP contribution is 2.27. The molecular weight excluding hydrogens is 478 g/mol. The highest BCUT2D eigenvalue weighted by molar-refractivity contribution is 7.99. The van der Waals surface area contributed by atoms with Crippen LogP contribution in [0.3, 0.4) is 0 Å². The maximum Gasteiger partial charge on any atom is 0.251 e. The lowest BCUT2D eigenvalue weighted by atomic mass is 10.0. The zero-order chi connectivity index (χ0) is 24.7. The largest absolute Gasteiger partial charge is 0.351 e. The molecule has 2 aliphatic rings. The van der Waals surface area contributed by atoms with Gasteiger partial charge in [0.05, 0.1) is 4.90 Å². The highest BCUT2D eigenvalue weighted by Gasteiger charge is 2.28. The van der Waals surface area contributed by atoms with E-state index in [-0.39, 0.29) is 5.91 Å². The third-order valence-electron chi connectivity index (χ3n) is 6.88. The van der Waals surface area contributed by atoms with Crippen molar-refractivity contribution in [3.63, 3.8) is 0 Å². The Labute approximate surface area is 214 Å². The molecule has 0 atom stereocenters. The summed E-state index contributed by atoms with van der Waals surface area (Å²) < 4.78 is 27.5. The molecule has 4 rings (SSSR count). The average Bonchev–Trinajstić information content (AvgIpc) is 2.88. The zero-order valence-electron chi connectivity index (χ0n) is 20.6. The molecule has 35 heavy (non-hydrogen) atoms. The van der Waals surface area contributed by atoms with Crippen LogP contribution in [-0.4, -0.2) is 67.3 Å². The van der Waals surface area contributed by atoms with Crippen molar-refractivity contribution in [1.82, 2.24) is 14.5 Å². The molecule has 1 aliphatic heterocycles. The molecule has 1 saturated heterocycles. The van der Waals surface area contributed by atoms with Crippen LogP contribution in [0.2, 0.25) is 0 Å². The fraction of sp³-hybridized carbons (Fsp3) is 0.519. The Morgan fingerprint density at radius 2 is 1.71 bits per heavy atom. The number of sulfonamides is 1. The van der Waals surface area contributed by atoms with E-state index in [1.807, 2.05) is 55.1 Å². The maximum absolute atomic E-state index is 12.9. The Morgan fingerprint density at radius 3 is 2.43 bits per heavy atom. The van der Waals surface area contributed by atoms with E-state index in [0.29, 0.717) is 49.7 Å².